The number of unbranched alkanes of at least 4 members (excludes halogenated alkanes) is 1. The SMILES string of the molecule is CCCCOCCCNC(C)C1CCCN(CC)C1. The Kier molecular flexibility index (Phi) is 9.48. The van der Waals surface area contributed by atoms with E-state index >= 15 is 0 Å². The minimum atomic E-state index is 0.644. The van der Waals surface area contributed by atoms with Gasteiger partial charge in [-0.3, -0.25) is 0 Å². The molecule has 0 bridgehead atoms. The summed E-state index contributed by atoms with van der Waals surface area (Å²) in [4.78, 5) is 2.58. The van der Waals surface area contributed by atoms with Crippen LogP contribution in [0.15, 0.2) is 0 Å². The van der Waals surface area contributed by atoms with Crippen LogP contribution in [0, 0.1) is 5.92 Å². The van der Waals surface area contributed by atoms with Crippen LogP contribution in [0.4, 0.5) is 0 Å². The summed E-state index contributed by atoms with van der Waals surface area (Å²) in [6.07, 6.45) is 6.31. The first-order valence-electron chi connectivity index (χ1n) is 8.31. The summed E-state index contributed by atoms with van der Waals surface area (Å²) in [5.74, 6) is 0.828. The van der Waals surface area contributed by atoms with Gasteiger partial charge in [0.15, 0.2) is 0 Å². The highest BCUT2D eigenvalue weighted by Crippen LogP contribution is 2.19. The van der Waals surface area contributed by atoms with Crippen LogP contribution >= 0.6 is 0 Å². The van der Waals surface area contributed by atoms with Gasteiger partial charge in [0.1, 0.15) is 0 Å². The second kappa shape index (κ2) is 10.6. The smallest absolute Gasteiger partial charge is 0.0478 e. The lowest BCUT2D eigenvalue weighted by Crippen LogP contribution is -2.44. The highest BCUT2D eigenvalue weighted by Gasteiger charge is 2.23. The Balaban J connectivity index is 2.02. The van der Waals surface area contributed by atoms with E-state index in [1.807, 2.05) is 0 Å². The van der Waals surface area contributed by atoms with Crippen molar-refractivity contribution in [2.45, 2.75) is 58.9 Å². The first-order chi connectivity index (χ1) is 9.27. The molecule has 3 heteroatoms. The minimum Gasteiger partial charge on any atom is -0.381 e. The molecule has 2 atom stereocenters. The first-order valence-corrected chi connectivity index (χ1v) is 8.31. The number of nitrogens with one attached hydrogen (secondary N) is 1. The van der Waals surface area contributed by atoms with E-state index in [1.165, 1.54) is 45.3 Å². The molecule has 0 radical (unpaired) electrons. The minimum absolute atomic E-state index is 0.644. The van der Waals surface area contributed by atoms with E-state index in [9.17, 15) is 0 Å². The van der Waals surface area contributed by atoms with Crippen LogP contribution in [-0.4, -0.2) is 50.3 Å². The van der Waals surface area contributed by atoms with Crippen LogP contribution in [0.25, 0.3) is 0 Å². The van der Waals surface area contributed by atoms with Crippen molar-refractivity contribution >= 4 is 0 Å². The molecule has 0 spiro atoms. The molecular formula is C16H34N2O. The van der Waals surface area contributed by atoms with Crippen LogP contribution in [0.3, 0.4) is 0 Å². The number of hydrogen-bond acceptors (Lipinski definition) is 3. The number of hydrogen-bond donors (Lipinski definition) is 1. The van der Waals surface area contributed by atoms with Crippen LogP contribution in [0.1, 0.15) is 52.9 Å². The Labute approximate surface area is 120 Å². The van der Waals surface area contributed by atoms with E-state index in [-0.39, 0.29) is 0 Å². The number of nitrogens with zero attached hydrogens (tertiary/aromatic N) is 1. The van der Waals surface area contributed by atoms with E-state index in [4.69, 9.17) is 4.74 Å². The topological polar surface area (TPSA) is 24.5 Å². The third-order valence-electron chi connectivity index (χ3n) is 4.27. The Morgan fingerprint density at radius 2 is 2.05 bits per heavy atom. The fraction of sp³-hybridized carbons (Fsp3) is 1.00. The number of piperidine rings is 1. The molecule has 0 aromatic rings. The molecule has 1 heterocycles. The molecule has 114 valence electrons. The summed E-state index contributed by atoms with van der Waals surface area (Å²) in [7, 11) is 0. The number of ether oxygens (including phenoxy) is 1. The van der Waals surface area contributed by atoms with E-state index in [0.29, 0.717) is 6.04 Å². The first kappa shape index (κ1) is 16.9. The molecule has 1 N–H and O–H groups in total. The van der Waals surface area contributed by atoms with Crippen LogP contribution in [-0.2, 0) is 4.74 Å². The van der Waals surface area contributed by atoms with Crippen LogP contribution < -0.4 is 5.32 Å². The van der Waals surface area contributed by atoms with Gasteiger partial charge in [-0.1, -0.05) is 20.3 Å². The summed E-state index contributed by atoms with van der Waals surface area (Å²) >= 11 is 0. The summed E-state index contributed by atoms with van der Waals surface area (Å²) in [6.45, 7) is 13.5. The Morgan fingerprint density at radius 3 is 2.79 bits per heavy atom. The summed E-state index contributed by atoms with van der Waals surface area (Å²) in [6, 6.07) is 0.644. The zero-order valence-electron chi connectivity index (χ0n) is 13.3. The second-order valence-electron chi connectivity index (χ2n) is 5.86. The van der Waals surface area contributed by atoms with Gasteiger partial charge in [0.2, 0.25) is 0 Å². The standard InChI is InChI=1S/C16H34N2O/c1-4-6-12-19-13-8-10-17-15(3)16-9-7-11-18(5-2)14-16/h15-17H,4-14H2,1-3H3. The lowest BCUT2D eigenvalue weighted by atomic mass is 9.91. The molecule has 1 fully saturated rings. The van der Waals surface area contributed by atoms with E-state index < -0.39 is 0 Å². The predicted octanol–water partition coefficient (Wildman–Crippen LogP) is 2.90. The zero-order valence-corrected chi connectivity index (χ0v) is 13.3. The van der Waals surface area contributed by atoms with Crippen molar-refractivity contribution in [1.29, 1.82) is 0 Å². The largest absolute Gasteiger partial charge is 0.381 e. The van der Waals surface area contributed by atoms with Gasteiger partial charge in [0.25, 0.3) is 0 Å². The third kappa shape index (κ3) is 7.28. The maximum atomic E-state index is 5.59. The average molecular weight is 270 g/mol. The maximum Gasteiger partial charge on any atom is 0.0478 e. The van der Waals surface area contributed by atoms with Gasteiger partial charge >= 0.3 is 0 Å². The van der Waals surface area contributed by atoms with Crippen LogP contribution in [0.5, 0.6) is 0 Å². The molecule has 2 unspecified atom stereocenters. The fourth-order valence-electron chi connectivity index (χ4n) is 2.81. The molecule has 1 saturated heterocycles. The van der Waals surface area contributed by atoms with Gasteiger partial charge in [0, 0.05) is 25.8 Å². The number of likely N-dealkylation sites (tertiary alicyclic amines) is 1. The maximum absolute atomic E-state index is 5.59. The van der Waals surface area contributed by atoms with Gasteiger partial charge in [0.05, 0.1) is 0 Å². The van der Waals surface area contributed by atoms with Crippen molar-refractivity contribution in [2.75, 3.05) is 39.4 Å². The Bertz CT molecular complexity index is 211. The highest BCUT2D eigenvalue weighted by atomic mass is 16.5. The molecule has 1 aliphatic heterocycles. The van der Waals surface area contributed by atoms with Crippen molar-refractivity contribution in [2.24, 2.45) is 5.92 Å². The lowest BCUT2D eigenvalue weighted by molar-refractivity contribution is 0.124. The van der Waals surface area contributed by atoms with Crippen molar-refractivity contribution in [1.82, 2.24) is 10.2 Å². The predicted molar refractivity (Wildman–Crippen MR) is 82.6 cm³/mol. The normalized spacial score (nSPS) is 22.6. The summed E-state index contributed by atoms with van der Waals surface area (Å²) in [5.41, 5.74) is 0. The van der Waals surface area contributed by atoms with E-state index in [2.05, 4.69) is 31.0 Å². The third-order valence-corrected chi connectivity index (χ3v) is 4.27. The molecule has 0 aromatic heterocycles. The van der Waals surface area contributed by atoms with E-state index in [0.717, 1.165) is 32.1 Å². The van der Waals surface area contributed by atoms with Gasteiger partial charge in [-0.05, 0) is 58.2 Å². The van der Waals surface area contributed by atoms with Crippen molar-refractivity contribution in [3.63, 3.8) is 0 Å². The second-order valence-corrected chi connectivity index (χ2v) is 5.86. The molecule has 0 aromatic carbocycles. The van der Waals surface area contributed by atoms with Gasteiger partial charge in [-0.2, -0.15) is 0 Å². The van der Waals surface area contributed by atoms with Gasteiger partial charge in [-0.25, -0.2) is 0 Å². The van der Waals surface area contributed by atoms with Crippen molar-refractivity contribution in [3.8, 4) is 0 Å². The molecule has 0 saturated carbocycles. The average Bonchev–Trinajstić information content (AvgIpc) is 2.46. The monoisotopic (exact) mass is 270 g/mol. The molecule has 19 heavy (non-hydrogen) atoms. The molecule has 1 aliphatic rings. The van der Waals surface area contributed by atoms with Gasteiger partial charge < -0.3 is 15.0 Å². The van der Waals surface area contributed by atoms with Crippen LogP contribution in [0.2, 0.25) is 0 Å². The fourth-order valence-corrected chi connectivity index (χ4v) is 2.81. The molecular weight excluding hydrogens is 236 g/mol. The molecule has 1 rings (SSSR count). The van der Waals surface area contributed by atoms with Crippen molar-refractivity contribution in [3.05, 3.63) is 0 Å². The van der Waals surface area contributed by atoms with Gasteiger partial charge in [-0.15, -0.1) is 0 Å². The molecule has 0 aliphatic carbocycles. The highest BCUT2D eigenvalue weighted by molar-refractivity contribution is 4.79. The quantitative estimate of drug-likeness (QED) is 0.618. The summed E-state index contributed by atoms with van der Waals surface area (Å²) < 4.78 is 5.59. The number of rotatable bonds is 10. The van der Waals surface area contributed by atoms with Crippen molar-refractivity contribution < 1.29 is 4.74 Å². The molecule has 3 nitrogen and oxygen atoms in total. The summed E-state index contributed by atoms with van der Waals surface area (Å²) in [5, 5.41) is 3.68. The molecule has 0 amide bonds. The zero-order chi connectivity index (χ0) is 13.9. The lowest BCUT2D eigenvalue weighted by Gasteiger charge is -2.35. The Morgan fingerprint density at radius 1 is 1.26 bits per heavy atom. The van der Waals surface area contributed by atoms with E-state index in [1.54, 1.807) is 0 Å². The Hall–Kier alpha value is -0.120.